The number of halogens is 1. The van der Waals surface area contributed by atoms with Gasteiger partial charge in [-0.25, -0.2) is 0 Å². The lowest BCUT2D eigenvalue weighted by atomic mass is 9.97. The molecule has 0 fully saturated rings. The SMILES string of the molecule is COc1ccc(C(=O)NCC(C)(C)C)cc1Br. The van der Waals surface area contributed by atoms with Gasteiger partial charge in [0, 0.05) is 12.1 Å². The Hall–Kier alpha value is -1.03. The lowest BCUT2D eigenvalue weighted by molar-refractivity contribution is 0.0939. The monoisotopic (exact) mass is 299 g/mol. The van der Waals surface area contributed by atoms with Gasteiger partial charge in [0.25, 0.3) is 5.91 Å². The van der Waals surface area contributed by atoms with Crippen molar-refractivity contribution in [3.05, 3.63) is 28.2 Å². The van der Waals surface area contributed by atoms with E-state index in [0.29, 0.717) is 12.1 Å². The van der Waals surface area contributed by atoms with E-state index in [0.717, 1.165) is 10.2 Å². The number of hydrogen-bond acceptors (Lipinski definition) is 2. The molecule has 1 N–H and O–H groups in total. The van der Waals surface area contributed by atoms with E-state index in [4.69, 9.17) is 4.74 Å². The van der Waals surface area contributed by atoms with Gasteiger partial charge in [-0.3, -0.25) is 4.79 Å². The van der Waals surface area contributed by atoms with Gasteiger partial charge in [0.2, 0.25) is 0 Å². The molecule has 0 heterocycles. The average molecular weight is 300 g/mol. The summed E-state index contributed by atoms with van der Waals surface area (Å²) in [6.45, 7) is 6.89. The highest BCUT2D eigenvalue weighted by Crippen LogP contribution is 2.25. The lowest BCUT2D eigenvalue weighted by Crippen LogP contribution is -2.32. The quantitative estimate of drug-likeness (QED) is 0.930. The number of benzene rings is 1. The van der Waals surface area contributed by atoms with Gasteiger partial charge in [-0.2, -0.15) is 0 Å². The summed E-state index contributed by atoms with van der Waals surface area (Å²) in [4.78, 5) is 11.9. The van der Waals surface area contributed by atoms with Crippen LogP contribution in [0.3, 0.4) is 0 Å². The molecule has 17 heavy (non-hydrogen) atoms. The van der Waals surface area contributed by atoms with Crippen molar-refractivity contribution in [2.45, 2.75) is 20.8 Å². The highest BCUT2D eigenvalue weighted by Gasteiger charge is 2.13. The minimum absolute atomic E-state index is 0.0664. The predicted octanol–water partition coefficient (Wildman–Crippen LogP) is 3.23. The molecule has 1 aromatic carbocycles. The van der Waals surface area contributed by atoms with Gasteiger partial charge < -0.3 is 10.1 Å². The van der Waals surface area contributed by atoms with Crippen molar-refractivity contribution >= 4 is 21.8 Å². The predicted molar refractivity (Wildman–Crippen MR) is 72.5 cm³/mol. The number of methoxy groups -OCH3 is 1. The zero-order valence-corrected chi connectivity index (χ0v) is 12.2. The fraction of sp³-hybridized carbons (Fsp3) is 0.462. The fourth-order valence-corrected chi connectivity index (χ4v) is 1.80. The van der Waals surface area contributed by atoms with Crippen LogP contribution in [-0.2, 0) is 0 Å². The Bertz CT molecular complexity index is 410. The van der Waals surface area contributed by atoms with Crippen LogP contribution < -0.4 is 10.1 Å². The second-order valence-corrected chi connectivity index (χ2v) is 5.95. The number of carbonyl (C=O) groups is 1. The summed E-state index contributed by atoms with van der Waals surface area (Å²) in [5, 5.41) is 2.90. The van der Waals surface area contributed by atoms with E-state index in [1.54, 1.807) is 25.3 Å². The molecule has 1 rings (SSSR count). The van der Waals surface area contributed by atoms with E-state index in [2.05, 4.69) is 42.0 Å². The zero-order valence-electron chi connectivity index (χ0n) is 10.6. The van der Waals surface area contributed by atoms with Crippen molar-refractivity contribution in [2.24, 2.45) is 5.41 Å². The molecule has 0 aromatic heterocycles. The third-order valence-corrected chi connectivity index (χ3v) is 2.81. The van der Waals surface area contributed by atoms with Gasteiger partial charge >= 0.3 is 0 Å². The summed E-state index contributed by atoms with van der Waals surface area (Å²) in [7, 11) is 1.60. The standard InChI is InChI=1S/C13H18BrNO2/c1-13(2,3)8-15-12(16)9-5-6-11(17-4)10(14)7-9/h5-7H,8H2,1-4H3,(H,15,16). The van der Waals surface area contributed by atoms with Crippen LogP contribution in [0.25, 0.3) is 0 Å². The van der Waals surface area contributed by atoms with Gasteiger partial charge in [0.05, 0.1) is 11.6 Å². The minimum Gasteiger partial charge on any atom is -0.496 e. The Balaban J connectivity index is 2.73. The molecule has 0 aliphatic carbocycles. The highest BCUT2D eigenvalue weighted by atomic mass is 79.9. The molecular formula is C13H18BrNO2. The maximum Gasteiger partial charge on any atom is 0.251 e. The van der Waals surface area contributed by atoms with E-state index < -0.39 is 0 Å². The topological polar surface area (TPSA) is 38.3 Å². The van der Waals surface area contributed by atoms with Crippen molar-refractivity contribution in [3.63, 3.8) is 0 Å². The first kappa shape index (κ1) is 14.0. The molecule has 0 aliphatic heterocycles. The van der Waals surface area contributed by atoms with Crippen LogP contribution in [0, 0.1) is 5.41 Å². The van der Waals surface area contributed by atoms with E-state index in [9.17, 15) is 4.79 Å². The smallest absolute Gasteiger partial charge is 0.251 e. The number of amides is 1. The van der Waals surface area contributed by atoms with Gasteiger partial charge in [0.15, 0.2) is 0 Å². The van der Waals surface area contributed by atoms with Gasteiger partial charge in [0.1, 0.15) is 5.75 Å². The summed E-state index contributed by atoms with van der Waals surface area (Å²) in [6, 6.07) is 5.29. The maximum atomic E-state index is 11.9. The van der Waals surface area contributed by atoms with Gasteiger partial charge in [-0.05, 0) is 39.5 Å². The Morgan fingerprint density at radius 2 is 2.06 bits per heavy atom. The van der Waals surface area contributed by atoms with Gasteiger partial charge in [-0.15, -0.1) is 0 Å². The molecule has 0 saturated carbocycles. The zero-order chi connectivity index (χ0) is 13.1. The number of rotatable bonds is 3. The third kappa shape index (κ3) is 4.38. The van der Waals surface area contributed by atoms with Gasteiger partial charge in [-0.1, -0.05) is 20.8 Å². The molecule has 1 aromatic rings. The molecule has 0 radical (unpaired) electrons. The van der Waals surface area contributed by atoms with Crippen LogP contribution >= 0.6 is 15.9 Å². The molecule has 1 amide bonds. The van der Waals surface area contributed by atoms with E-state index >= 15 is 0 Å². The van der Waals surface area contributed by atoms with Crippen molar-refractivity contribution in [2.75, 3.05) is 13.7 Å². The number of nitrogens with one attached hydrogen (secondary N) is 1. The second kappa shape index (κ2) is 5.54. The minimum atomic E-state index is -0.0664. The van der Waals surface area contributed by atoms with Crippen molar-refractivity contribution in [3.8, 4) is 5.75 Å². The van der Waals surface area contributed by atoms with E-state index in [1.807, 2.05) is 0 Å². The number of hydrogen-bond donors (Lipinski definition) is 1. The Morgan fingerprint density at radius 1 is 1.41 bits per heavy atom. The molecule has 94 valence electrons. The van der Waals surface area contributed by atoms with Crippen LogP contribution in [0.4, 0.5) is 0 Å². The summed E-state index contributed by atoms with van der Waals surface area (Å²) < 4.78 is 5.90. The third-order valence-electron chi connectivity index (χ3n) is 2.19. The van der Waals surface area contributed by atoms with Crippen LogP contribution in [0.15, 0.2) is 22.7 Å². The Morgan fingerprint density at radius 3 is 2.53 bits per heavy atom. The summed E-state index contributed by atoms with van der Waals surface area (Å²) in [5.74, 6) is 0.653. The second-order valence-electron chi connectivity index (χ2n) is 5.09. The van der Waals surface area contributed by atoms with Crippen LogP contribution in [0.5, 0.6) is 5.75 Å². The van der Waals surface area contributed by atoms with E-state index in [1.165, 1.54) is 0 Å². The van der Waals surface area contributed by atoms with Crippen molar-refractivity contribution in [1.82, 2.24) is 5.32 Å². The molecule has 0 saturated heterocycles. The first-order valence-corrected chi connectivity index (χ1v) is 6.24. The molecule has 0 atom stereocenters. The normalized spacial score (nSPS) is 11.1. The average Bonchev–Trinajstić information content (AvgIpc) is 2.24. The van der Waals surface area contributed by atoms with Crippen molar-refractivity contribution < 1.29 is 9.53 Å². The summed E-state index contributed by atoms with van der Waals surface area (Å²) in [5.41, 5.74) is 0.709. The first-order chi connectivity index (χ1) is 7.83. The summed E-state index contributed by atoms with van der Waals surface area (Å²) in [6.07, 6.45) is 0. The lowest BCUT2D eigenvalue weighted by Gasteiger charge is -2.18. The fourth-order valence-electron chi connectivity index (χ4n) is 1.26. The number of ether oxygens (including phenoxy) is 1. The largest absolute Gasteiger partial charge is 0.496 e. The molecule has 0 aliphatic rings. The highest BCUT2D eigenvalue weighted by molar-refractivity contribution is 9.10. The molecule has 4 heteroatoms. The Labute approximate surface area is 111 Å². The molecular weight excluding hydrogens is 282 g/mol. The summed E-state index contributed by atoms with van der Waals surface area (Å²) >= 11 is 3.36. The van der Waals surface area contributed by atoms with Crippen molar-refractivity contribution in [1.29, 1.82) is 0 Å². The molecule has 3 nitrogen and oxygen atoms in total. The van der Waals surface area contributed by atoms with Crippen LogP contribution in [-0.4, -0.2) is 19.6 Å². The molecule has 0 unspecified atom stereocenters. The van der Waals surface area contributed by atoms with Crippen LogP contribution in [0.1, 0.15) is 31.1 Å². The Kier molecular flexibility index (Phi) is 4.57. The first-order valence-electron chi connectivity index (χ1n) is 5.45. The van der Waals surface area contributed by atoms with E-state index in [-0.39, 0.29) is 11.3 Å². The molecule has 0 spiro atoms. The van der Waals surface area contributed by atoms with Crippen LogP contribution in [0.2, 0.25) is 0 Å². The maximum absolute atomic E-state index is 11.9. The molecule has 0 bridgehead atoms. The number of carbonyl (C=O) groups excluding carboxylic acids is 1.